The summed E-state index contributed by atoms with van der Waals surface area (Å²) < 4.78 is 0. The lowest BCUT2D eigenvalue weighted by Gasteiger charge is -2.19. The molecule has 120 valence electrons. The fourth-order valence-corrected chi connectivity index (χ4v) is 3.04. The molecule has 1 heterocycles. The molecule has 22 heavy (non-hydrogen) atoms. The second kappa shape index (κ2) is 7.72. The predicted molar refractivity (Wildman–Crippen MR) is 94.4 cm³/mol. The maximum atomic E-state index is 9.26. The largest absolute Gasteiger partial charge is 0.396 e. The van der Waals surface area contributed by atoms with Crippen molar-refractivity contribution in [3.05, 3.63) is 35.2 Å². The first-order valence-corrected chi connectivity index (χ1v) is 8.41. The number of aliphatic hydroxyl groups is 1. The van der Waals surface area contributed by atoms with Crippen LogP contribution < -0.4 is 10.2 Å². The number of nitrogens with one attached hydrogen (secondary N) is 1. The van der Waals surface area contributed by atoms with Crippen LogP contribution in [-0.2, 0) is 6.54 Å². The molecule has 1 aromatic carbocycles. The molecule has 2 N–H and O–H groups in total. The van der Waals surface area contributed by atoms with Gasteiger partial charge in [-0.15, -0.1) is 0 Å². The van der Waals surface area contributed by atoms with Gasteiger partial charge in [0.1, 0.15) is 0 Å². The Hall–Kier alpha value is -1.43. The SMILES string of the molecule is CC(CO)C(C)NCc1sc(N(C)C)nc1-c1ccccc1. The summed E-state index contributed by atoms with van der Waals surface area (Å²) in [5.74, 6) is 0.237. The molecule has 0 radical (unpaired) electrons. The van der Waals surface area contributed by atoms with Crippen LogP contribution in [0.25, 0.3) is 11.3 Å². The molecule has 2 unspecified atom stereocenters. The zero-order chi connectivity index (χ0) is 16.1. The predicted octanol–water partition coefficient (Wildman–Crippen LogP) is 2.98. The van der Waals surface area contributed by atoms with E-state index < -0.39 is 0 Å². The van der Waals surface area contributed by atoms with E-state index in [0.29, 0.717) is 0 Å². The minimum absolute atomic E-state index is 0.200. The van der Waals surface area contributed by atoms with Gasteiger partial charge in [0.25, 0.3) is 0 Å². The summed E-state index contributed by atoms with van der Waals surface area (Å²) in [7, 11) is 4.03. The highest BCUT2D eigenvalue weighted by Crippen LogP contribution is 2.32. The number of rotatable bonds is 7. The van der Waals surface area contributed by atoms with Gasteiger partial charge in [0.2, 0.25) is 0 Å². The van der Waals surface area contributed by atoms with Crippen LogP contribution in [-0.4, -0.2) is 36.8 Å². The molecule has 0 amide bonds. The van der Waals surface area contributed by atoms with Gasteiger partial charge in [-0.25, -0.2) is 4.98 Å². The highest BCUT2D eigenvalue weighted by Gasteiger charge is 2.16. The van der Waals surface area contributed by atoms with Crippen LogP contribution in [0.5, 0.6) is 0 Å². The normalized spacial score (nSPS) is 13.9. The summed E-state index contributed by atoms with van der Waals surface area (Å²) in [4.78, 5) is 8.05. The van der Waals surface area contributed by atoms with E-state index in [-0.39, 0.29) is 18.6 Å². The van der Waals surface area contributed by atoms with Crippen LogP contribution in [0.1, 0.15) is 18.7 Å². The lowest BCUT2D eigenvalue weighted by atomic mass is 10.1. The molecule has 5 heteroatoms. The van der Waals surface area contributed by atoms with Crippen molar-refractivity contribution in [1.82, 2.24) is 10.3 Å². The van der Waals surface area contributed by atoms with E-state index in [1.807, 2.05) is 44.1 Å². The van der Waals surface area contributed by atoms with E-state index in [9.17, 15) is 5.11 Å². The van der Waals surface area contributed by atoms with Crippen molar-refractivity contribution < 1.29 is 5.11 Å². The van der Waals surface area contributed by atoms with E-state index in [4.69, 9.17) is 4.98 Å². The molecule has 0 aliphatic rings. The molecule has 0 aliphatic carbocycles. The molecule has 0 aliphatic heterocycles. The first-order valence-electron chi connectivity index (χ1n) is 7.59. The highest BCUT2D eigenvalue weighted by molar-refractivity contribution is 7.16. The molecule has 0 saturated carbocycles. The second-order valence-electron chi connectivity index (χ2n) is 5.86. The van der Waals surface area contributed by atoms with Gasteiger partial charge in [-0.1, -0.05) is 48.6 Å². The zero-order valence-corrected chi connectivity index (χ0v) is 14.5. The maximum absolute atomic E-state index is 9.26. The molecule has 1 aromatic heterocycles. The number of hydrogen-bond donors (Lipinski definition) is 2. The first-order chi connectivity index (χ1) is 10.5. The Morgan fingerprint density at radius 2 is 1.91 bits per heavy atom. The second-order valence-corrected chi connectivity index (χ2v) is 6.92. The maximum Gasteiger partial charge on any atom is 0.185 e. The molecule has 2 atom stereocenters. The lowest BCUT2D eigenvalue weighted by Crippen LogP contribution is -2.33. The minimum Gasteiger partial charge on any atom is -0.396 e. The van der Waals surface area contributed by atoms with Crippen LogP contribution in [0, 0.1) is 5.92 Å². The summed E-state index contributed by atoms with van der Waals surface area (Å²) in [5.41, 5.74) is 2.19. The number of nitrogens with zero attached hydrogens (tertiary/aromatic N) is 2. The van der Waals surface area contributed by atoms with Crippen LogP contribution in [0.3, 0.4) is 0 Å². The Bertz CT molecular complexity index is 583. The number of aliphatic hydroxyl groups excluding tert-OH is 1. The van der Waals surface area contributed by atoms with E-state index in [1.54, 1.807) is 11.3 Å². The van der Waals surface area contributed by atoms with Crippen LogP contribution >= 0.6 is 11.3 Å². The summed E-state index contributed by atoms with van der Waals surface area (Å²) in [6.45, 7) is 5.12. The van der Waals surface area contributed by atoms with Crippen LogP contribution in [0.4, 0.5) is 5.13 Å². The standard InChI is InChI=1S/C17H25N3OS/c1-12(11-21)13(2)18-10-15-16(14-8-6-5-7-9-14)19-17(22-15)20(3)4/h5-9,12-13,18,21H,10-11H2,1-4H3. The van der Waals surface area contributed by atoms with E-state index in [0.717, 1.165) is 22.9 Å². The first kappa shape index (κ1) is 16.9. The Labute approximate surface area is 136 Å². The van der Waals surface area contributed by atoms with Crippen molar-refractivity contribution in [1.29, 1.82) is 0 Å². The number of benzene rings is 1. The van der Waals surface area contributed by atoms with Gasteiger partial charge in [-0.3, -0.25) is 0 Å². The Morgan fingerprint density at radius 1 is 1.23 bits per heavy atom. The Kier molecular flexibility index (Phi) is 5.94. The van der Waals surface area contributed by atoms with Crippen molar-refractivity contribution in [3.8, 4) is 11.3 Å². The van der Waals surface area contributed by atoms with Gasteiger partial charge in [-0.05, 0) is 12.8 Å². The van der Waals surface area contributed by atoms with E-state index in [2.05, 4.69) is 24.4 Å². The van der Waals surface area contributed by atoms with Crippen molar-refractivity contribution in [2.75, 3.05) is 25.6 Å². The topological polar surface area (TPSA) is 48.4 Å². The third kappa shape index (κ3) is 4.06. The Morgan fingerprint density at radius 3 is 2.50 bits per heavy atom. The quantitative estimate of drug-likeness (QED) is 0.824. The summed E-state index contributed by atoms with van der Waals surface area (Å²) in [5, 5.41) is 13.8. The summed E-state index contributed by atoms with van der Waals surface area (Å²) >= 11 is 1.71. The molecule has 0 saturated heterocycles. The summed E-state index contributed by atoms with van der Waals surface area (Å²) in [6, 6.07) is 10.6. The van der Waals surface area contributed by atoms with Crippen LogP contribution in [0.15, 0.2) is 30.3 Å². The molecular formula is C17H25N3OS. The number of anilines is 1. The molecule has 0 fully saturated rings. The van der Waals surface area contributed by atoms with Gasteiger partial charge in [0, 0.05) is 43.7 Å². The van der Waals surface area contributed by atoms with Crippen molar-refractivity contribution >= 4 is 16.5 Å². The van der Waals surface area contributed by atoms with Crippen molar-refractivity contribution in [2.45, 2.75) is 26.4 Å². The van der Waals surface area contributed by atoms with Gasteiger partial charge in [0.15, 0.2) is 5.13 Å². The molecule has 4 nitrogen and oxygen atoms in total. The van der Waals surface area contributed by atoms with Crippen LogP contribution in [0.2, 0.25) is 0 Å². The average Bonchev–Trinajstić information content (AvgIpc) is 2.97. The molecule has 0 spiro atoms. The fraction of sp³-hybridized carbons (Fsp3) is 0.471. The monoisotopic (exact) mass is 319 g/mol. The molecule has 2 aromatic rings. The number of aromatic nitrogens is 1. The third-order valence-corrected chi connectivity index (χ3v) is 5.07. The number of thiazole rings is 1. The fourth-order valence-electron chi connectivity index (χ4n) is 2.08. The van der Waals surface area contributed by atoms with E-state index in [1.165, 1.54) is 4.88 Å². The van der Waals surface area contributed by atoms with Gasteiger partial charge >= 0.3 is 0 Å². The zero-order valence-electron chi connectivity index (χ0n) is 13.7. The highest BCUT2D eigenvalue weighted by atomic mass is 32.1. The lowest BCUT2D eigenvalue weighted by molar-refractivity contribution is 0.207. The molecular weight excluding hydrogens is 294 g/mol. The third-order valence-electron chi connectivity index (χ3n) is 3.84. The minimum atomic E-state index is 0.200. The van der Waals surface area contributed by atoms with Crippen molar-refractivity contribution in [3.63, 3.8) is 0 Å². The van der Waals surface area contributed by atoms with Crippen molar-refractivity contribution in [2.24, 2.45) is 5.92 Å². The van der Waals surface area contributed by atoms with Gasteiger partial charge < -0.3 is 15.3 Å². The van der Waals surface area contributed by atoms with E-state index >= 15 is 0 Å². The van der Waals surface area contributed by atoms with Gasteiger partial charge in [0.05, 0.1) is 5.69 Å². The number of hydrogen-bond acceptors (Lipinski definition) is 5. The Balaban J connectivity index is 2.22. The average molecular weight is 319 g/mol. The smallest absolute Gasteiger partial charge is 0.185 e. The summed E-state index contributed by atoms with van der Waals surface area (Å²) in [6.07, 6.45) is 0. The van der Waals surface area contributed by atoms with Gasteiger partial charge in [-0.2, -0.15) is 0 Å². The molecule has 0 bridgehead atoms. The molecule has 2 rings (SSSR count).